The fourth-order valence-electron chi connectivity index (χ4n) is 2.40. The van der Waals surface area contributed by atoms with Gasteiger partial charge in [0.15, 0.2) is 5.16 Å². The topological polar surface area (TPSA) is 79.4 Å². The summed E-state index contributed by atoms with van der Waals surface area (Å²) in [6, 6.07) is 10.9. The number of rotatable bonds is 6. The molecule has 8 heteroatoms. The minimum Gasteiger partial charge on any atom is -0.496 e. The van der Waals surface area contributed by atoms with Crippen LogP contribution in [0.15, 0.2) is 51.1 Å². The van der Waals surface area contributed by atoms with Crippen molar-refractivity contribution in [2.75, 3.05) is 7.11 Å². The molecule has 0 radical (unpaired) electrons. The van der Waals surface area contributed by atoms with Gasteiger partial charge in [-0.3, -0.25) is 4.79 Å². The van der Waals surface area contributed by atoms with Crippen LogP contribution in [0.2, 0.25) is 0 Å². The Morgan fingerprint density at radius 1 is 1.33 bits per heavy atom. The van der Waals surface area contributed by atoms with E-state index in [2.05, 4.69) is 50.3 Å². The van der Waals surface area contributed by atoms with Crippen molar-refractivity contribution in [3.8, 4) is 5.75 Å². The second kappa shape index (κ2) is 8.58. The lowest BCUT2D eigenvalue weighted by molar-refractivity contribution is 0.0955. The minimum absolute atomic E-state index is 0.284. The molecule has 0 aliphatic carbocycles. The zero-order chi connectivity index (χ0) is 19.4. The summed E-state index contributed by atoms with van der Waals surface area (Å²) < 4.78 is 6.01. The Hall–Kier alpha value is -2.32. The Bertz CT molecular complexity index is 1000. The van der Waals surface area contributed by atoms with Gasteiger partial charge in [0.1, 0.15) is 5.75 Å². The van der Waals surface area contributed by atoms with Crippen LogP contribution < -0.4 is 10.2 Å². The van der Waals surface area contributed by atoms with Crippen molar-refractivity contribution in [2.24, 2.45) is 5.10 Å². The van der Waals surface area contributed by atoms with Gasteiger partial charge < -0.3 is 9.72 Å². The molecule has 1 aromatic heterocycles. The number of hydrogen-bond acceptors (Lipinski definition) is 5. The lowest BCUT2D eigenvalue weighted by Gasteiger charge is -2.03. The number of methoxy groups -OCH3 is 1. The number of hydrogen-bond donors (Lipinski definition) is 2. The van der Waals surface area contributed by atoms with Crippen LogP contribution in [0.25, 0.3) is 11.0 Å². The fraction of sp³-hybridized carbons (Fsp3) is 0.211. The first-order chi connectivity index (χ1) is 13.0. The third-order valence-electron chi connectivity index (χ3n) is 3.63. The second-order valence-electron chi connectivity index (χ2n) is 6.03. The maximum atomic E-state index is 12.3. The molecular formula is C19H19BrN4O2S. The monoisotopic (exact) mass is 446 g/mol. The summed E-state index contributed by atoms with van der Waals surface area (Å²) in [5.74, 6) is 0.451. The van der Waals surface area contributed by atoms with E-state index < -0.39 is 0 Å². The minimum atomic E-state index is -0.284. The van der Waals surface area contributed by atoms with Gasteiger partial charge in [0.05, 0.1) is 28.8 Å². The summed E-state index contributed by atoms with van der Waals surface area (Å²) in [4.78, 5) is 20.1. The van der Waals surface area contributed by atoms with Crippen LogP contribution in [0.1, 0.15) is 29.8 Å². The summed E-state index contributed by atoms with van der Waals surface area (Å²) in [7, 11) is 1.61. The van der Waals surface area contributed by atoms with Crippen molar-refractivity contribution < 1.29 is 9.53 Å². The van der Waals surface area contributed by atoms with E-state index in [0.717, 1.165) is 32.0 Å². The Balaban J connectivity index is 1.69. The number of imidazole rings is 1. The van der Waals surface area contributed by atoms with Gasteiger partial charge in [0, 0.05) is 10.8 Å². The van der Waals surface area contributed by atoms with Gasteiger partial charge in [-0.25, -0.2) is 10.4 Å². The number of hydrazone groups is 1. The van der Waals surface area contributed by atoms with E-state index in [1.807, 2.05) is 24.3 Å². The Morgan fingerprint density at radius 3 is 2.85 bits per heavy atom. The molecule has 140 valence electrons. The third-order valence-corrected chi connectivity index (χ3v) is 5.13. The molecule has 0 aliphatic rings. The number of ether oxygens (including phenoxy) is 1. The van der Waals surface area contributed by atoms with Gasteiger partial charge in [-0.05, 0) is 57.9 Å². The fourth-order valence-corrected chi connectivity index (χ4v) is 3.72. The van der Waals surface area contributed by atoms with Crippen molar-refractivity contribution in [3.63, 3.8) is 0 Å². The highest BCUT2D eigenvalue weighted by molar-refractivity contribution is 9.10. The molecule has 0 fully saturated rings. The number of nitrogens with zero attached hydrogens (tertiary/aromatic N) is 2. The van der Waals surface area contributed by atoms with Crippen molar-refractivity contribution in [1.82, 2.24) is 15.4 Å². The summed E-state index contributed by atoms with van der Waals surface area (Å²) in [5, 5.41) is 5.30. The van der Waals surface area contributed by atoms with E-state index in [-0.39, 0.29) is 5.91 Å². The Labute approximate surface area is 169 Å². The van der Waals surface area contributed by atoms with E-state index in [9.17, 15) is 4.79 Å². The van der Waals surface area contributed by atoms with Crippen LogP contribution in [-0.2, 0) is 0 Å². The van der Waals surface area contributed by atoms with E-state index in [1.54, 1.807) is 37.2 Å². The molecular weight excluding hydrogens is 428 g/mol. The largest absolute Gasteiger partial charge is 0.496 e. The zero-order valence-corrected chi connectivity index (χ0v) is 17.5. The maximum Gasteiger partial charge on any atom is 0.271 e. The molecule has 0 atom stereocenters. The van der Waals surface area contributed by atoms with Gasteiger partial charge in [-0.1, -0.05) is 25.6 Å². The second-order valence-corrected chi connectivity index (χ2v) is 8.45. The first kappa shape index (κ1) is 19.4. The van der Waals surface area contributed by atoms with E-state index >= 15 is 0 Å². The summed E-state index contributed by atoms with van der Waals surface area (Å²) in [5.41, 5.74) is 5.56. The predicted molar refractivity (Wildman–Crippen MR) is 113 cm³/mol. The zero-order valence-electron chi connectivity index (χ0n) is 15.1. The normalized spacial score (nSPS) is 11.4. The molecule has 0 saturated carbocycles. The maximum absolute atomic E-state index is 12.3. The SMILES string of the molecule is COc1ccc(/C=N\NC(=O)c2ccc3nc(SC(C)C)[nH]c3c2)cc1Br. The average molecular weight is 447 g/mol. The number of nitrogens with one attached hydrogen (secondary N) is 2. The van der Waals surface area contributed by atoms with E-state index in [4.69, 9.17) is 4.74 Å². The van der Waals surface area contributed by atoms with E-state index in [1.165, 1.54) is 0 Å². The number of aromatic amines is 1. The number of aromatic nitrogens is 2. The summed E-state index contributed by atoms with van der Waals surface area (Å²) in [6.07, 6.45) is 1.58. The van der Waals surface area contributed by atoms with E-state index in [0.29, 0.717) is 10.8 Å². The first-order valence-electron chi connectivity index (χ1n) is 8.29. The molecule has 1 amide bonds. The lowest BCUT2D eigenvalue weighted by Crippen LogP contribution is -2.17. The third kappa shape index (κ3) is 4.90. The molecule has 3 rings (SSSR count). The average Bonchev–Trinajstić information content (AvgIpc) is 3.02. The molecule has 2 N–H and O–H groups in total. The van der Waals surface area contributed by atoms with Crippen LogP contribution >= 0.6 is 27.7 Å². The highest BCUT2D eigenvalue weighted by Crippen LogP contribution is 2.25. The van der Waals surface area contributed by atoms with Crippen molar-refractivity contribution in [2.45, 2.75) is 24.3 Å². The molecule has 0 unspecified atom stereocenters. The Morgan fingerprint density at radius 2 is 2.15 bits per heavy atom. The van der Waals surface area contributed by atoms with Gasteiger partial charge in [-0.2, -0.15) is 5.10 Å². The quantitative estimate of drug-likeness (QED) is 0.329. The highest BCUT2D eigenvalue weighted by atomic mass is 79.9. The molecule has 3 aromatic rings. The van der Waals surface area contributed by atoms with Gasteiger partial charge in [0.2, 0.25) is 0 Å². The smallest absolute Gasteiger partial charge is 0.271 e. The Kier molecular flexibility index (Phi) is 6.18. The molecule has 0 aliphatic heterocycles. The number of thioether (sulfide) groups is 1. The highest BCUT2D eigenvalue weighted by Gasteiger charge is 2.10. The molecule has 0 bridgehead atoms. The summed E-state index contributed by atoms with van der Waals surface area (Å²) in [6.45, 7) is 4.21. The molecule has 0 saturated heterocycles. The lowest BCUT2D eigenvalue weighted by atomic mass is 10.2. The van der Waals surface area contributed by atoms with Crippen LogP contribution in [0.3, 0.4) is 0 Å². The molecule has 2 aromatic carbocycles. The van der Waals surface area contributed by atoms with Crippen molar-refractivity contribution in [3.05, 3.63) is 52.0 Å². The van der Waals surface area contributed by atoms with Gasteiger partial charge >= 0.3 is 0 Å². The standard InChI is InChI=1S/C19H19BrN4O2S/c1-11(2)27-19-22-15-6-5-13(9-16(15)23-19)18(25)24-21-10-12-4-7-17(26-3)14(20)8-12/h4-11H,1-3H3,(H,22,23)(H,24,25)/b21-10-. The predicted octanol–water partition coefficient (Wildman–Crippen LogP) is 4.60. The number of carbonyl (C=O) groups excluding carboxylic acids is 1. The molecule has 0 spiro atoms. The van der Waals surface area contributed by atoms with Crippen LogP contribution in [0, 0.1) is 0 Å². The molecule has 1 heterocycles. The van der Waals surface area contributed by atoms with Gasteiger partial charge in [-0.15, -0.1) is 0 Å². The number of benzene rings is 2. The van der Waals surface area contributed by atoms with Crippen LogP contribution in [-0.4, -0.2) is 34.4 Å². The number of halogens is 1. The number of amides is 1. The van der Waals surface area contributed by atoms with Crippen molar-refractivity contribution in [1.29, 1.82) is 0 Å². The molecule has 6 nitrogen and oxygen atoms in total. The van der Waals surface area contributed by atoms with Gasteiger partial charge in [0.25, 0.3) is 5.91 Å². The molecule has 27 heavy (non-hydrogen) atoms. The first-order valence-corrected chi connectivity index (χ1v) is 9.97. The number of H-pyrrole nitrogens is 1. The summed E-state index contributed by atoms with van der Waals surface area (Å²) >= 11 is 5.07. The van der Waals surface area contributed by atoms with Crippen LogP contribution in [0.5, 0.6) is 5.75 Å². The van der Waals surface area contributed by atoms with Crippen LogP contribution in [0.4, 0.5) is 0 Å². The number of fused-ring (bicyclic) bond motifs is 1. The van der Waals surface area contributed by atoms with Crippen molar-refractivity contribution >= 4 is 50.8 Å². The number of carbonyl (C=O) groups is 1.